The van der Waals surface area contributed by atoms with E-state index in [1.807, 2.05) is 0 Å². The number of hydrogen-bond acceptors (Lipinski definition) is 5. The molecular weight excluding hydrogens is 258 g/mol. The van der Waals surface area contributed by atoms with Crippen LogP contribution in [-0.2, 0) is 4.74 Å². The summed E-state index contributed by atoms with van der Waals surface area (Å²) in [5, 5.41) is 0. The second-order valence-electron chi connectivity index (χ2n) is 4.02. The molecule has 2 aromatic carbocycles. The lowest BCUT2D eigenvalue weighted by molar-refractivity contribution is 0.0598. The van der Waals surface area contributed by atoms with Gasteiger partial charge in [-0.1, -0.05) is 0 Å². The molecule has 0 aliphatic carbocycles. The Bertz CT molecular complexity index is 608. The summed E-state index contributed by atoms with van der Waals surface area (Å²) in [6, 6.07) is 11.8. The molecule has 0 heterocycles. The number of methoxy groups -OCH3 is 2. The number of ether oxygens (including phenoxy) is 3. The Morgan fingerprint density at radius 3 is 2.25 bits per heavy atom. The average molecular weight is 273 g/mol. The molecule has 2 N–H and O–H groups in total. The normalized spacial score (nSPS) is 9.90. The molecule has 0 saturated carbocycles. The number of carbonyl (C=O) groups is 1. The van der Waals surface area contributed by atoms with Gasteiger partial charge in [0.05, 0.1) is 14.2 Å². The third-order valence-corrected chi connectivity index (χ3v) is 2.70. The molecule has 5 nitrogen and oxygen atoms in total. The molecule has 20 heavy (non-hydrogen) atoms. The molecule has 0 bridgehead atoms. The second kappa shape index (κ2) is 5.97. The number of carbonyl (C=O) groups excluding carboxylic acids is 1. The third kappa shape index (κ3) is 3.00. The summed E-state index contributed by atoms with van der Waals surface area (Å²) < 4.78 is 15.5. The van der Waals surface area contributed by atoms with Gasteiger partial charge in [-0.25, -0.2) is 4.79 Å². The highest BCUT2D eigenvalue weighted by Gasteiger charge is 2.14. The number of nitrogen functional groups attached to an aromatic ring is 1. The van der Waals surface area contributed by atoms with E-state index in [1.54, 1.807) is 43.5 Å². The average Bonchev–Trinajstić information content (AvgIpc) is 2.49. The van der Waals surface area contributed by atoms with Crippen LogP contribution < -0.4 is 15.2 Å². The van der Waals surface area contributed by atoms with Crippen molar-refractivity contribution in [2.45, 2.75) is 0 Å². The zero-order valence-electron chi connectivity index (χ0n) is 11.3. The summed E-state index contributed by atoms with van der Waals surface area (Å²) in [6.45, 7) is 0. The Morgan fingerprint density at radius 2 is 1.65 bits per heavy atom. The van der Waals surface area contributed by atoms with Gasteiger partial charge in [0.15, 0.2) is 0 Å². The minimum Gasteiger partial charge on any atom is -0.497 e. The number of nitrogens with two attached hydrogens (primary N) is 1. The summed E-state index contributed by atoms with van der Waals surface area (Å²) in [5.41, 5.74) is 6.42. The van der Waals surface area contributed by atoms with Gasteiger partial charge in [-0.05, 0) is 42.5 Å². The summed E-state index contributed by atoms with van der Waals surface area (Å²) >= 11 is 0. The Kier molecular flexibility index (Phi) is 4.10. The smallest absolute Gasteiger partial charge is 0.341 e. The van der Waals surface area contributed by atoms with Gasteiger partial charge in [0.2, 0.25) is 0 Å². The Morgan fingerprint density at radius 1 is 1.00 bits per heavy atom. The van der Waals surface area contributed by atoms with Gasteiger partial charge >= 0.3 is 5.97 Å². The van der Waals surface area contributed by atoms with E-state index >= 15 is 0 Å². The highest BCUT2D eigenvalue weighted by atomic mass is 16.5. The fourth-order valence-corrected chi connectivity index (χ4v) is 1.68. The maximum absolute atomic E-state index is 11.7. The van der Waals surface area contributed by atoms with Crippen LogP contribution in [0.15, 0.2) is 42.5 Å². The fourth-order valence-electron chi connectivity index (χ4n) is 1.68. The van der Waals surface area contributed by atoms with Crippen LogP contribution in [0.4, 0.5) is 5.69 Å². The van der Waals surface area contributed by atoms with Crippen molar-refractivity contribution in [3.63, 3.8) is 0 Å². The summed E-state index contributed by atoms with van der Waals surface area (Å²) in [7, 11) is 2.90. The number of hydrogen-bond donors (Lipinski definition) is 1. The Labute approximate surface area is 116 Å². The highest BCUT2D eigenvalue weighted by molar-refractivity contribution is 5.93. The lowest BCUT2D eigenvalue weighted by Gasteiger charge is -2.11. The van der Waals surface area contributed by atoms with Crippen LogP contribution in [0, 0.1) is 0 Å². The quantitative estimate of drug-likeness (QED) is 0.685. The van der Waals surface area contributed by atoms with Gasteiger partial charge in [-0.15, -0.1) is 0 Å². The first-order valence-electron chi connectivity index (χ1n) is 5.94. The van der Waals surface area contributed by atoms with E-state index in [2.05, 4.69) is 0 Å². The molecule has 0 unspecified atom stereocenters. The first-order valence-corrected chi connectivity index (χ1v) is 5.94. The largest absolute Gasteiger partial charge is 0.497 e. The van der Waals surface area contributed by atoms with Crippen molar-refractivity contribution in [2.24, 2.45) is 0 Å². The molecule has 0 fully saturated rings. The van der Waals surface area contributed by atoms with Gasteiger partial charge in [0, 0.05) is 5.69 Å². The van der Waals surface area contributed by atoms with Crippen LogP contribution in [-0.4, -0.2) is 20.2 Å². The van der Waals surface area contributed by atoms with E-state index in [4.69, 9.17) is 19.9 Å². The second-order valence-corrected chi connectivity index (χ2v) is 4.02. The number of anilines is 1. The monoisotopic (exact) mass is 273 g/mol. The minimum atomic E-state index is -0.499. The molecule has 104 valence electrons. The molecule has 2 aromatic rings. The van der Waals surface area contributed by atoms with E-state index in [0.717, 1.165) is 5.75 Å². The first kappa shape index (κ1) is 13.7. The maximum atomic E-state index is 11.7. The molecule has 0 amide bonds. The van der Waals surface area contributed by atoms with Crippen LogP contribution >= 0.6 is 0 Å². The molecule has 0 spiro atoms. The van der Waals surface area contributed by atoms with Crippen molar-refractivity contribution in [3.05, 3.63) is 48.0 Å². The van der Waals surface area contributed by atoms with Crippen LogP contribution in [0.25, 0.3) is 0 Å². The van der Waals surface area contributed by atoms with Crippen molar-refractivity contribution in [1.82, 2.24) is 0 Å². The molecule has 0 saturated heterocycles. The van der Waals surface area contributed by atoms with E-state index in [0.29, 0.717) is 17.2 Å². The van der Waals surface area contributed by atoms with Gasteiger partial charge < -0.3 is 19.9 Å². The highest BCUT2D eigenvalue weighted by Crippen LogP contribution is 2.28. The molecule has 5 heteroatoms. The molecule has 0 atom stereocenters. The van der Waals surface area contributed by atoms with Crippen LogP contribution in [0.2, 0.25) is 0 Å². The topological polar surface area (TPSA) is 70.8 Å². The third-order valence-electron chi connectivity index (χ3n) is 2.70. The van der Waals surface area contributed by atoms with Gasteiger partial charge in [0.1, 0.15) is 22.8 Å². The van der Waals surface area contributed by atoms with Crippen molar-refractivity contribution in [2.75, 3.05) is 20.0 Å². The SMILES string of the molecule is COC(=O)c1cc(N)ccc1Oc1ccc(OC)cc1. The molecule has 2 rings (SSSR count). The van der Waals surface area contributed by atoms with Gasteiger partial charge in [0.25, 0.3) is 0 Å². The predicted octanol–water partition coefficient (Wildman–Crippen LogP) is 2.86. The summed E-state index contributed by atoms with van der Waals surface area (Å²) in [4.78, 5) is 11.7. The minimum absolute atomic E-state index is 0.281. The molecule has 0 aromatic heterocycles. The molecule has 0 aliphatic heterocycles. The summed E-state index contributed by atoms with van der Waals surface area (Å²) in [5.74, 6) is 1.20. The number of rotatable bonds is 4. The zero-order valence-corrected chi connectivity index (χ0v) is 11.3. The van der Waals surface area contributed by atoms with Crippen LogP contribution in [0.5, 0.6) is 17.2 Å². The van der Waals surface area contributed by atoms with Crippen molar-refractivity contribution in [1.29, 1.82) is 0 Å². The van der Waals surface area contributed by atoms with E-state index in [9.17, 15) is 4.79 Å². The Balaban J connectivity index is 2.30. The Hall–Kier alpha value is -2.69. The standard InChI is InChI=1S/C15H15NO4/c1-18-11-4-6-12(7-5-11)20-14-8-3-10(16)9-13(14)15(17)19-2/h3-9H,16H2,1-2H3. The van der Waals surface area contributed by atoms with Crippen LogP contribution in [0.1, 0.15) is 10.4 Å². The lowest BCUT2D eigenvalue weighted by atomic mass is 10.2. The van der Waals surface area contributed by atoms with Crippen molar-refractivity contribution in [3.8, 4) is 17.2 Å². The maximum Gasteiger partial charge on any atom is 0.341 e. The fraction of sp³-hybridized carbons (Fsp3) is 0.133. The summed E-state index contributed by atoms with van der Waals surface area (Å²) in [6.07, 6.45) is 0. The van der Waals surface area contributed by atoms with Gasteiger partial charge in [-0.3, -0.25) is 0 Å². The number of benzene rings is 2. The van der Waals surface area contributed by atoms with Crippen LogP contribution in [0.3, 0.4) is 0 Å². The predicted molar refractivity (Wildman–Crippen MR) is 75.3 cm³/mol. The lowest BCUT2D eigenvalue weighted by Crippen LogP contribution is -2.04. The van der Waals surface area contributed by atoms with Gasteiger partial charge in [-0.2, -0.15) is 0 Å². The zero-order chi connectivity index (χ0) is 14.5. The van der Waals surface area contributed by atoms with Crippen molar-refractivity contribution < 1.29 is 19.0 Å². The van der Waals surface area contributed by atoms with E-state index in [1.165, 1.54) is 13.2 Å². The van der Waals surface area contributed by atoms with E-state index in [-0.39, 0.29) is 5.56 Å². The molecule has 0 radical (unpaired) electrons. The van der Waals surface area contributed by atoms with Crippen molar-refractivity contribution >= 4 is 11.7 Å². The van der Waals surface area contributed by atoms with E-state index < -0.39 is 5.97 Å². The molecule has 0 aliphatic rings. The first-order chi connectivity index (χ1) is 9.63. The molecular formula is C15H15NO4. The number of esters is 1.